The number of para-hydroxylation sites is 1. The molecule has 8 nitrogen and oxygen atoms in total. The van der Waals surface area contributed by atoms with Crippen molar-refractivity contribution < 1.29 is 9.53 Å². The quantitative estimate of drug-likeness (QED) is 0.733. The fourth-order valence-electron chi connectivity index (χ4n) is 3.51. The highest BCUT2D eigenvalue weighted by molar-refractivity contribution is 5.77. The summed E-state index contributed by atoms with van der Waals surface area (Å²) in [7, 11) is 1.62. The number of pyridine rings is 1. The first kappa shape index (κ1) is 17.3. The monoisotopic (exact) mass is 367 g/mol. The van der Waals surface area contributed by atoms with E-state index in [1.807, 2.05) is 30.3 Å². The number of nitrogens with zero attached hydrogens (tertiary/aromatic N) is 4. The molecule has 0 radical (unpaired) electrons. The molecule has 0 spiro atoms. The Hall–Kier alpha value is -3.13. The van der Waals surface area contributed by atoms with E-state index in [1.165, 1.54) is 9.08 Å². The van der Waals surface area contributed by atoms with E-state index in [1.54, 1.807) is 30.3 Å². The highest BCUT2D eigenvalue weighted by atomic mass is 16.5. The zero-order valence-electron chi connectivity index (χ0n) is 15.0. The van der Waals surface area contributed by atoms with Crippen LogP contribution in [-0.2, 0) is 11.3 Å². The lowest BCUT2D eigenvalue weighted by atomic mass is 10.0. The second-order valence-corrected chi connectivity index (χ2v) is 6.42. The van der Waals surface area contributed by atoms with Crippen molar-refractivity contribution in [3.8, 4) is 5.75 Å². The van der Waals surface area contributed by atoms with Gasteiger partial charge in [-0.25, -0.2) is 9.48 Å². The highest BCUT2D eigenvalue weighted by Crippen LogP contribution is 2.30. The lowest BCUT2D eigenvalue weighted by Crippen LogP contribution is -2.50. The summed E-state index contributed by atoms with van der Waals surface area (Å²) in [4.78, 5) is 27.3. The number of hydrogen-bond donors (Lipinski definition) is 1. The summed E-state index contributed by atoms with van der Waals surface area (Å²) in [6, 6.07) is 12.8. The maximum Gasteiger partial charge on any atom is 0.350 e. The van der Waals surface area contributed by atoms with Gasteiger partial charge in [0.2, 0.25) is 5.91 Å². The summed E-state index contributed by atoms with van der Waals surface area (Å²) < 4.78 is 8.12. The molecule has 0 bridgehead atoms. The smallest absolute Gasteiger partial charge is 0.350 e. The number of rotatable bonds is 4. The molecular formula is C19H21N5O3. The molecule has 140 valence electrons. The lowest BCUT2D eigenvalue weighted by Gasteiger charge is -2.37. The number of benzene rings is 1. The zero-order chi connectivity index (χ0) is 18.8. The number of hydrogen-bond acceptors (Lipinski definition) is 5. The Labute approximate surface area is 156 Å². The van der Waals surface area contributed by atoms with Gasteiger partial charge in [0.15, 0.2) is 5.65 Å². The van der Waals surface area contributed by atoms with Crippen LogP contribution in [0.3, 0.4) is 0 Å². The Morgan fingerprint density at radius 3 is 2.89 bits per heavy atom. The molecule has 0 aliphatic carbocycles. The standard InChI is InChI=1S/C19H21N5O3/c1-27-16-7-3-2-6-14(16)15-12-20-9-11-22(15)18(25)13-24-19(26)23-10-5-4-8-17(23)21-24/h2-8,10,15,20H,9,11-13H2,1H3. The number of fused-ring (bicyclic) bond motifs is 1. The summed E-state index contributed by atoms with van der Waals surface area (Å²) in [5.74, 6) is 0.604. The van der Waals surface area contributed by atoms with Crippen LogP contribution >= 0.6 is 0 Å². The topological polar surface area (TPSA) is 80.9 Å². The van der Waals surface area contributed by atoms with Crippen molar-refractivity contribution in [1.29, 1.82) is 0 Å². The van der Waals surface area contributed by atoms with Crippen LogP contribution in [0.5, 0.6) is 5.75 Å². The number of carbonyl (C=O) groups is 1. The molecule has 1 aliphatic heterocycles. The van der Waals surface area contributed by atoms with Gasteiger partial charge in [0.1, 0.15) is 12.3 Å². The van der Waals surface area contributed by atoms with Crippen LogP contribution in [0, 0.1) is 0 Å². The van der Waals surface area contributed by atoms with Gasteiger partial charge >= 0.3 is 5.69 Å². The van der Waals surface area contributed by atoms with Crippen LogP contribution in [0.25, 0.3) is 5.65 Å². The Morgan fingerprint density at radius 1 is 1.26 bits per heavy atom. The second-order valence-electron chi connectivity index (χ2n) is 6.42. The Bertz CT molecular complexity index is 1030. The van der Waals surface area contributed by atoms with E-state index in [0.717, 1.165) is 11.3 Å². The minimum atomic E-state index is -0.317. The summed E-state index contributed by atoms with van der Waals surface area (Å²) in [5.41, 5.74) is 1.16. The van der Waals surface area contributed by atoms with Crippen molar-refractivity contribution >= 4 is 11.6 Å². The van der Waals surface area contributed by atoms with Crippen molar-refractivity contribution in [2.75, 3.05) is 26.7 Å². The normalized spacial score (nSPS) is 17.2. The third-order valence-electron chi connectivity index (χ3n) is 4.84. The molecule has 1 saturated heterocycles. The summed E-state index contributed by atoms with van der Waals surface area (Å²) in [5, 5.41) is 7.59. The lowest BCUT2D eigenvalue weighted by molar-refractivity contribution is -0.135. The number of ether oxygens (including phenoxy) is 1. The van der Waals surface area contributed by atoms with Crippen molar-refractivity contribution in [2.24, 2.45) is 0 Å². The predicted molar refractivity (Wildman–Crippen MR) is 99.8 cm³/mol. The van der Waals surface area contributed by atoms with Gasteiger partial charge in [-0.1, -0.05) is 24.3 Å². The minimum Gasteiger partial charge on any atom is -0.496 e. The molecule has 2 aromatic heterocycles. The van der Waals surface area contributed by atoms with E-state index in [0.29, 0.717) is 25.3 Å². The SMILES string of the molecule is COc1ccccc1C1CNCCN1C(=O)Cn1nc2ccccn2c1=O. The second kappa shape index (κ2) is 7.24. The molecule has 1 aromatic carbocycles. The molecule has 3 aromatic rings. The number of aromatic nitrogens is 3. The van der Waals surface area contributed by atoms with Crippen LogP contribution in [0.15, 0.2) is 53.5 Å². The molecule has 1 aliphatic rings. The van der Waals surface area contributed by atoms with Crippen LogP contribution in [-0.4, -0.2) is 51.7 Å². The average molecular weight is 367 g/mol. The van der Waals surface area contributed by atoms with Crippen molar-refractivity contribution in [3.05, 3.63) is 64.7 Å². The molecule has 0 saturated carbocycles. The molecular weight excluding hydrogens is 346 g/mol. The van der Waals surface area contributed by atoms with E-state index >= 15 is 0 Å². The number of methoxy groups -OCH3 is 1. The zero-order valence-corrected chi connectivity index (χ0v) is 15.0. The first-order chi connectivity index (χ1) is 13.2. The predicted octanol–water partition coefficient (Wildman–Crippen LogP) is 0.678. The van der Waals surface area contributed by atoms with Crippen LogP contribution < -0.4 is 15.7 Å². The van der Waals surface area contributed by atoms with Crippen molar-refractivity contribution in [2.45, 2.75) is 12.6 Å². The number of carbonyl (C=O) groups excluding carboxylic acids is 1. The Balaban J connectivity index is 1.62. The molecule has 1 amide bonds. The summed E-state index contributed by atoms with van der Waals surface area (Å²) in [6.45, 7) is 1.81. The average Bonchev–Trinajstić information content (AvgIpc) is 3.03. The fraction of sp³-hybridized carbons (Fsp3) is 0.316. The number of piperazine rings is 1. The van der Waals surface area contributed by atoms with Gasteiger partial charge in [0.25, 0.3) is 0 Å². The van der Waals surface area contributed by atoms with Gasteiger partial charge < -0.3 is 15.0 Å². The fourth-order valence-corrected chi connectivity index (χ4v) is 3.51. The largest absolute Gasteiger partial charge is 0.496 e. The van der Waals surface area contributed by atoms with Crippen LogP contribution in [0.4, 0.5) is 0 Å². The molecule has 27 heavy (non-hydrogen) atoms. The molecule has 1 fully saturated rings. The highest BCUT2D eigenvalue weighted by Gasteiger charge is 2.30. The van der Waals surface area contributed by atoms with Gasteiger partial charge in [-0.05, 0) is 18.2 Å². The first-order valence-electron chi connectivity index (χ1n) is 8.86. The van der Waals surface area contributed by atoms with Crippen LogP contribution in [0.2, 0.25) is 0 Å². The van der Waals surface area contributed by atoms with Gasteiger partial charge in [-0.15, -0.1) is 5.10 Å². The van der Waals surface area contributed by atoms with Crippen molar-refractivity contribution in [1.82, 2.24) is 24.4 Å². The van der Waals surface area contributed by atoms with Gasteiger partial charge in [0.05, 0.1) is 13.2 Å². The minimum absolute atomic E-state index is 0.0911. The molecule has 1 unspecified atom stereocenters. The molecule has 8 heteroatoms. The maximum atomic E-state index is 13.0. The third-order valence-corrected chi connectivity index (χ3v) is 4.84. The van der Waals surface area contributed by atoms with E-state index in [-0.39, 0.29) is 24.2 Å². The molecule has 4 rings (SSSR count). The summed E-state index contributed by atoms with van der Waals surface area (Å²) in [6.07, 6.45) is 1.65. The Kier molecular flexibility index (Phi) is 4.64. The number of nitrogens with one attached hydrogen (secondary N) is 1. The van der Waals surface area contributed by atoms with Crippen molar-refractivity contribution in [3.63, 3.8) is 0 Å². The third kappa shape index (κ3) is 3.19. The molecule has 1 N–H and O–H groups in total. The van der Waals surface area contributed by atoms with E-state index in [4.69, 9.17) is 4.74 Å². The summed E-state index contributed by atoms with van der Waals surface area (Å²) >= 11 is 0. The maximum absolute atomic E-state index is 13.0. The van der Waals surface area contributed by atoms with Crippen LogP contribution in [0.1, 0.15) is 11.6 Å². The van der Waals surface area contributed by atoms with Gasteiger partial charge in [-0.2, -0.15) is 0 Å². The first-order valence-corrected chi connectivity index (χ1v) is 8.86. The van der Waals surface area contributed by atoms with Gasteiger partial charge in [-0.3, -0.25) is 9.20 Å². The van der Waals surface area contributed by atoms with E-state index < -0.39 is 0 Å². The van der Waals surface area contributed by atoms with Gasteiger partial charge in [0, 0.05) is 31.4 Å². The molecule has 1 atom stereocenters. The number of amides is 1. The molecule has 3 heterocycles. The van der Waals surface area contributed by atoms with E-state index in [9.17, 15) is 9.59 Å². The Morgan fingerprint density at radius 2 is 2.07 bits per heavy atom. The van der Waals surface area contributed by atoms with E-state index in [2.05, 4.69) is 10.4 Å².